The van der Waals surface area contributed by atoms with E-state index in [9.17, 15) is 35.4 Å². The maximum Gasteiger partial charge on any atom is 0.239 e. The Balaban J connectivity index is 1.89. The summed E-state index contributed by atoms with van der Waals surface area (Å²) in [6.45, 7) is -0.444. The first-order valence-electron chi connectivity index (χ1n) is 9.39. The fraction of sp³-hybridized carbons (Fsp3) is 0.286. The molecule has 0 saturated carbocycles. The molecular weight excluding hydrogens is 412 g/mol. The van der Waals surface area contributed by atoms with Gasteiger partial charge in [0.25, 0.3) is 0 Å². The maximum absolute atomic E-state index is 13.2. The third-order valence-corrected chi connectivity index (χ3v) is 4.99. The Morgan fingerprint density at radius 2 is 1.74 bits per heavy atom. The third-order valence-electron chi connectivity index (χ3n) is 4.99. The predicted octanol–water partition coefficient (Wildman–Crippen LogP) is 0.785. The average molecular weight is 432 g/mol. The molecule has 10 heteroatoms. The molecule has 0 amide bonds. The first-order chi connectivity index (χ1) is 14.8. The number of fused-ring (bicyclic) bond motifs is 1. The monoisotopic (exact) mass is 432 g/mol. The van der Waals surface area contributed by atoms with Crippen LogP contribution in [0.5, 0.6) is 23.0 Å². The zero-order valence-electron chi connectivity index (χ0n) is 16.0. The number of hydrogen-bond donors (Lipinski definition) is 6. The van der Waals surface area contributed by atoms with Crippen LogP contribution in [-0.4, -0.2) is 61.8 Å². The molecule has 4 rings (SSSR count). The zero-order valence-corrected chi connectivity index (χ0v) is 16.0. The molecule has 0 aliphatic carbocycles. The summed E-state index contributed by atoms with van der Waals surface area (Å²) in [4.78, 5) is 13.2. The van der Waals surface area contributed by atoms with Gasteiger partial charge in [-0.3, -0.25) is 4.79 Å². The number of aliphatic hydroxyl groups excluding tert-OH is 3. The molecule has 0 radical (unpaired) electrons. The molecule has 31 heavy (non-hydrogen) atoms. The Morgan fingerprint density at radius 3 is 2.42 bits per heavy atom. The van der Waals surface area contributed by atoms with Gasteiger partial charge < -0.3 is 44.5 Å². The van der Waals surface area contributed by atoms with Gasteiger partial charge in [-0.25, -0.2) is 0 Å². The lowest BCUT2D eigenvalue weighted by atomic mass is 10.0. The number of phenols is 3. The van der Waals surface area contributed by atoms with Crippen LogP contribution in [0.3, 0.4) is 0 Å². The summed E-state index contributed by atoms with van der Waals surface area (Å²) in [5.74, 6) is -1.49. The Hall–Kier alpha value is -3.31. The van der Waals surface area contributed by atoms with E-state index in [-0.39, 0.29) is 34.6 Å². The van der Waals surface area contributed by atoms with Crippen LogP contribution >= 0.6 is 0 Å². The zero-order chi connectivity index (χ0) is 22.3. The van der Waals surface area contributed by atoms with E-state index < -0.39 is 48.1 Å². The molecule has 1 aliphatic rings. The van der Waals surface area contributed by atoms with Crippen molar-refractivity contribution in [1.29, 1.82) is 0 Å². The SMILES string of the molecule is O=c1c(OC2OC(CO)C[C@H](O)[C@H]2O)c(-c2ccc(O)cc2)oc2cc(O)cc(O)c12. The normalized spacial score (nSPS) is 23.7. The smallest absolute Gasteiger partial charge is 0.239 e. The lowest BCUT2D eigenvalue weighted by Gasteiger charge is -2.36. The van der Waals surface area contributed by atoms with Crippen LogP contribution in [0.1, 0.15) is 6.42 Å². The second-order valence-corrected chi connectivity index (χ2v) is 7.19. The van der Waals surface area contributed by atoms with E-state index in [4.69, 9.17) is 13.9 Å². The van der Waals surface area contributed by atoms with Crippen molar-refractivity contribution in [3.8, 4) is 34.3 Å². The fourth-order valence-electron chi connectivity index (χ4n) is 3.43. The van der Waals surface area contributed by atoms with Crippen LogP contribution in [-0.2, 0) is 4.74 Å². The van der Waals surface area contributed by atoms with E-state index in [0.29, 0.717) is 5.56 Å². The number of ether oxygens (including phenoxy) is 2. The Morgan fingerprint density at radius 1 is 1.03 bits per heavy atom. The van der Waals surface area contributed by atoms with Crippen molar-refractivity contribution >= 4 is 11.0 Å². The van der Waals surface area contributed by atoms with Gasteiger partial charge in [0, 0.05) is 24.1 Å². The third kappa shape index (κ3) is 3.89. The van der Waals surface area contributed by atoms with Crippen LogP contribution in [0.15, 0.2) is 45.6 Å². The van der Waals surface area contributed by atoms with Gasteiger partial charge in [0.15, 0.2) is 5.76 Å². The second-order valence-electron chi connectivity index (χ2n) is 7.19. The highest BCUT2D eigenvalue weighted by atomic mass is 16.7. The predicted molar refractivity (Wildman–Crippen MR) is 106 cm³/mol. The average Bonchev–Trinajstić information content (AvgIpc) is 2.72. The molecular formula is C21H20O10. The van der Waals surface area contributed by atoms with E-state index in [1.807, 2.05) is 0 Å². The number of phenolic OH excluding ortho intramolecular Hbond substituents is 3. The van der Waals surface area contributed by atoms with Crippen molar-refractivity contribution in [3.05, 3.63) is 46.6 Å². The standard InChI is InChI=1S/C21H20O10/c22-8-12-7-14(26)17(27)21(29-12)31-20-18(28)16-13(25)5-11(24)6-15(16)30-19(20)9-1-3-10(23)4-2-9/h1-6,12,14,17,21-27H,7-8H2/t12?,14-,17+,21?/m0/s1. The lowest BCUT2D eigenvalue weighted by molar-refractivity contribution is -0.240. The van der Waals surface area contributed by atoms with Gasteiger partial charge in [-0.15, -0.1) is 0 Å². The van der Waals surface area contributed by atoms with Gasteiger partial charge >= 0.3 is 0 Å². The van der Waals surface area contributed by atoms with Crippen molar-refractivity contribution in [3.63, 3.8) is 0 Å². The minimum Gasteiger partial charge on any atom is -0.508 e. The van der Waals surface area contributed by atoms with Crippen molar-refractivity contribution in [1.82, 2.24) is 0 Å². The van der Waals surface area contributed by atoms with Crippen LogP contribution in [0.25, 0.3) is 22.3 Å². The number of hydrogen-bond acceptors (Lipinski definition) is 10. The van der Waals surface area contributed by atoms with Crippen LogP contribution in [0, 0.1) is 0 Å². The van der Waals surface area contributed by atoms with Crippen LogP contribution in [0.4, 0.5) is 0 Å². The fourth-order valence-corrected chi connectivity index (χ4v) is 3.43. The van der Waals surface area contributed by atoms with Gasteiger partial charge in [0.05, 0.1) is 18.8 Å². The van der Waals surface area contributed by atoms with Crippen LogP contribution < -0.4 is 10.2 Å². The van der Waals surface area contributed by atoms with E-state index in [2.05, 4.69) is 0 Å². The summed E-state index contributed by atoms with van der Waals surface area (Å²) in [5, 5.41) is 58.9. The molecule has 10 nitrogen and oxygen atoms in total. The molecule has 3 aromatic rings. The van der Waals surface area contributed by atoms with Crippen molar-refractivity contribution in [2.24, 2.45) is 0 Å². The molecule has 1 aliphatic heterocycles. The number of benzene rings is 2. The molecule has 0 bridgehead atoms. The van der Waals surface area contributed by atoms with Crippen molar-refractivity contribution in [2.45, 2.75) is 31.0 Å². The molecule has 1 saturated heterocycles. The summed E-state index contributed by atoms with van der Waals surface area (Å²) < 4.78 is 16.8. The minimum absolute atomic E-state index is 0.0330. The largest absolute Gasteiger partial charge is 0.508 e. The molecule has 1 aromatic heterocycles. The molecule has 0 spiro atoms. The highest BCUT2D eigenvalue weighted by Gasteiger charge is 2.39. The van der Waals surface area contributed by atoms with Gasteiger partial charge in [-0.2, -0.15) is 0 Å². The minimum atomic E-state index is -1.53. The van der Waals surface area contributed by atoms with E-state index in [1.54, 1.807) is 0 Å². The number of rotatable bonds is 4. The number of aliphatic hydroxyl groups is 3. The van der Waals surface area contributed by atoms with Gasteiger partial charge in [-0.1, -0.05) is 0 Å². The Kier molecular flexibility index (Phi) is 5.46. The molecule has 4 atom stereocenters. The molecule has 6 N–H and O–H groups in total. The first-order valence-corrected chi connectivity index (χ1v) is 9.39. The second kappa shape index (κ2) is 8.08. The number of aromatic hydroxyl groups is 3. The van der Waals surface area contributed by atoms with E-state index in [1.165, 1.54) is 24.3 Å². The van der Waals surface area contributed by atoms with Gasteiger partial charge in [0.1, 0.15) is 34.3 Å². The topological polar surface area (TPSA) is 170 Å². The highest BCUT2D eigenvalue weighted by Crippen LogP contribution is 2.37. The highest BCUT2D eigenvalue weighted by molar-refractivity contribution is 5.88. The Labute approximate surface area is 174 Å². The molecule has 164 valence electrons. The maximum atomic E-state index is 13.2. The summed E-state index contributed by atoms with van der Waals surface area (Å²) in [6, 6.07) is 7.68. The summed E-state index contributed by atoms with van der Waals surface area (Å²) in [7, 11) is 0. The molecule has 2 aromatic carbocycles. The summed E-state index contributed by atoms with van der Waals surface area (Å²) in [6.07, 6.45) is -5.19. The van der Waals surface area contributed by atoms with Crippen molar-refractivity contribution in [2.75, 3.05) is 6.61 Å². The lowest BCUT2D eigenvalue weighted by Crippen LogP contribution is -2.52. The van der Waals surface area contributed by atoms with Gasteiger partial charge in [0.2, 0.25) is 17.5 Å². The molecule has 2 heterocycles. The van der Waals surface area contributed by atoms with Crippen molar-refractivity contribution < 1.29 is 44.5 Å². The van der Waals surface area contributed by atoms with Gasteiger partial charge in [-0.05, 0) is 24.3 Å². The first kappa shape index (κ1) is 20.9. The summed E-state index contributed by atoms with van der Waals surface area (Å²) >= 11 is 0. The summed E-state index contributed by atoms with van der Waals surface area (Å²) in [5.41, 5.74) is -0.645. The molecule has 2 unspecified atom stereocenters. The molecule has 1 fully saturated rings. The quantitative estimate of drug-likeness (QED) is 0.346. The van der Waals surface area contributed by atoms with E-state index >= 15 is 0 Å². The van der Waals surface area contributed by atoms with E-state index in [0.717, 1.165) is 12.1 Å². The van der Waals surface area contributed by atoms with Crippen LogP contribution in [0.2, 0.25) is 0 Å². The Bertz CT molecular complexity index is 1150.